The van der Waals surface area contributed by atoms with Crippen molar-refractivity contribution in [2.24, 2.45) is 0 Å². The van der Waals surface area contributed by atoms with Crippen molar-refractivity contribution < 1.29 is 9.66 Å². The minimum Gasteiger partial charge on any atom is -0.383 e. The van der Waals surface area contributed by atoms with Crippen LogP contribution in [-0.4, -0.2) is 24.7 Å². The lowest BCUT2D eigenvalue weighted by molar-refractivity contribution is -0.385. The van der Waals surface area contributed by atoms with Crippen molar-refractivity contribution in [3.05, 3.63) is 39.4 Å². The van der Waals surface area contributed by atoms with E-state index in [4.69, 9.17) is 4.74 Å². The Balaban J connectivity index is 2.83. The normalized spacial score (nSPS) is 14.0. The molecule has 2 atom stereocenters. The van der Waals surface area contributed by atoms with E-state index in [1.807, 2.05) is 13.0 Å². The Hall–Kier alpha value is -1.46. The molecule has 2 unspecified atom stereocenters. The predicted octanol–water partition coefficient (Wildman–Crippen LogP) is 3.37. The van der Waals surface area contributed by atoms with Gasteiger partial charge in [-0.1, -0.05) is 25.5 Å². The minimum atomic E-state index is -0.329. The van der Waals surface area contributed by atoms with Gasteiger partial charge >= 0.3 is 0 Å². The standard InChI is InChI=1S/C15H24N2O3/c1-5-6-14(10-20-4)16-12(3)13-8-7-11(2)15(9-13)17(18)19/h7-9,12,14,16H,5-6,10H2,1-4H3. The first-order valence-corrected chi connectivity index (χ1v) is 6.99. The lowest BCUT2D eigenvalue weighted by atomic mass is 10.0. The summed E-state index contributed by atoms with van der Waals surface area (Å²) >= 11 is 0. The van der Waals surface area contributed by atoms with Crippen LogP contribution in [0.3, 0.4) is 0 Å². The largest absolute Gasteiger partial charge is 0.383 e. The van der Waals surface area contributed by atoms with E-state index in [9.17, 15) is 10.1 Å². The van der Waals surface area contributed by atoms with Crippen LogP contribution in [0.15, 0.2) is 18.2 Å². The molecule has 20 heavy (non-hydrogen) atoms. The van der Waals surface area contributed by atoms with Gasteiger partial charge in [0.15, 0.2) is 0 Å². The Morgan fingerprint density at radius 1 is 1.45 bits per heavy atom. The number of aryl methyl sites for hydroxylation is 1. The average molecular weight is 280 g/mol. The molecule has 0 aliphatic rings. The first-order chi connectivity index (χ1) is 9.49. The number of nitrogens with one attached hydrogen (secondary N) is 1. The van der Waals surface area contributed by atoms with Crippen molar-refractivity contribution in [1.29, 1.82) is 0 Å². The number of ether oxygens (including phenoxy) is 1. The van der Waals surface area contributed by atoms with Crippen molar-refractivity contribution in [1.82, 2.24) is 5.32 Å². The number of nitro benzene ring substituents is 1. The fraction of sp³-hybridized carbons (Fsp3) is 0.600. The summed E-state index contributed by atoms with van der Waals surface area (Å²) in [6.45, 7) is 6.55. The van der Waals surface area contributed by atoms with Crippen molar-refractivity contribution >= 4 is 5.69 Å². The molecule has 0 aliphatic carbocycles. The number of nitrogens with zero attached hydrogens (tertiary/aromatic N) is 1. The second kappa shape index (κ2) is 7.97. The zero-order valence-electron chi connectivity index (χ0n) is 12.7. The molecule has 0 spiro atoms. The molecule has 0 aliphatic heterocycles. The highest BCUT2D eigenvalue weighted by molar-refractivity contribution is 5.43. The van der Waals surface area contributed by atoms with E-state index in [0.29, 0.717) is 12.2 Å². The Morgan fingerprint density at radius 2 is 2.15 bits per heavy atom. The van der Waals surface area contributed by atoms with Crippen LogP contribution in [0.2, 0.25) is 0 Å². The maximum absolute atomic E-state index is 11.0. The fourth-order valence-corrected chi connectivity index (χ4v) is 2.31. The third-order valence-corrected chi connectivity index (χ3v) is 3.42. The van der Waals surface area contributed by atoms with Crippen molar-refractivity contribution in [2.75, 3.05) is 13.7 Å². The Morgan fingerprint density at radius 3 is 2.70 bits per heavy atom. The molecule has 0 amide bonds. The van der Waals surface area contributed by atoms with Gasteiger partial charge < -0.3 is 10.1 Å². The van der Waals surface area contributed by atoms with Crippen LogP contribution in [0.25, 0.3) is 0 Å². The Kier molecular flexibility index (Phi) is 6.61. The van der Waals surface area contributed by atoms with Crippen molar-refractivity contribution in [2.45, 2.75) is 45.7 Å². The summed E-state index contributed by atoms with van der Waals surface area (Å²) in [5, 5.41) is 14.5. The molecule has 112 valence electrons. The van der Waals surface area contributed by atoms with Gasteiger partial charge in [0.25, 0.3) is 5.69 Å². The third kappa shape index (κ3) is 4.58. The monoisotopic (exact) mass is 280 g/mol. The number of rotatable bonds is 8. The summed E-state index contributed by atoms with van der Waals surface area (Å²) < 4.78 is 5.20. The number of benzene rings is 1. The van der Waals surface area contributed by atoms with Crippen molar-refractivity contribution in [3.63, 3.8) is 0 Å². The molecule has 0 saturated carbocycles. The molecule has 1 aromatic rings. The summed E-state index contributed by atoms with van der Waals surface area (Å²) in [5.41, 5.74) is 1.79. The highest BCUT2D eigenvalue weighted by Gasteiger charge is 2.17. The first kappa shape index (κ1) is 16.6. The molecule has 0 saturated heterocycles. The summed E-state index contributed by atoms with van der Waals surface area (Å²) in [4.78, 5) is 10.7. The van der Waals surface area contributed by atoms with Crippen LogP contribution in [0.5, 0.6) is 0 Å². The SMILES string of the molecule is CCCC(COC)NC(C)c1ccc(C)c([N+](=O)[O-])c1. The summed E-state index contributed by atoms with van der Waals surface area (Å²) in [5.74, 6) is 0. The van der Waals surface area contributed by atoms with Crippen LogP contribution in [0.1, 0.15) is 43.9 Å². The molecule has 0 radical (unpaired) electrons. The molecule has 5 nitrogen and oxygen atoms in total. The van der Waals surface area contributed by atoms with Gasteiger partial charge in [0, 0.05) is 30.8 Å². The van der Waals surface area contributed by atoms with E-state index >= 15 is 0 Å². The van der Waals surface area contributed by atoms with Gasteiger partial charge in [-0.25, -0.2) is 0 Å². The Labute approximate surface area is 120 Å². The van der Waals surface area contributed by atoms with Gasteiger partial charge in [-0.3, -0.25) is 10.1 Å². The van der Waals surface area contributed by atoms with Gasteiger partial charge in [-0.15, -0.1) is 0 Å². The summed E-state index contributed by atoms with van der Waals surface area (Å²) in [6, 6.07) is 5.72. The van der Waals surface area contributed by atoms with Crippen LogP contribution >= 0.6 is 0 Å². The lowest BCUT2D eigenvalue weighted by Gasteiger charge is -2.23. The highest BCUT2D eigenvalue weighted by atomic mass is 16.6. The molecule has 0 bridgehead atoms. The molecular weight excluding hydrogens is 256 g/mol. The number of hydrogen-bond donors (Lipinski definition) is 1. The summed E-state index contributed by atoms with van der Waals surface area (Å²) in [6.07, 6.45) is 2.09. The average Bonchev–Trinajstić information content (AvgIpc) is 2.39. The fourth-order valence-electron chi connectivity index (χ4n) is 2.31. The third-order valence-electron chi connectivity index (χ3n) is 3.42. The second-order valence-electron chi connectivity index (χ2n) is 5.13. The van der Waals surface area contributed by atoms with Crippen LogP contribution < -0.4 is 5.32 Å². The molecule has 1 aromatic carbocycles. The van der Waals surface area contributed by atoms with E-state index in [-0.39, 0.29) is 22.7 Å². The van der Waals surface area contributed by atoms with Gasteiger partial charge in [-0.05, 0) is 25.8 Å². The van der Waals surface area contributed by atoms with E-state index in [1.54, 1.807) is 26.2 Å². The topological polar surface area (TPSA) is 64.4 Å². The van der Waals surface area contributed by atoms with E-state index in [2.05, 4.69) is 12.2 Å². The van der Waals surface area contributed by atoms with E-state index in [1.165, 1.54) is 0 Å². The second-order valence-corrected chi connectivity index (χ2v) is 5.13. The van der Waals surface area contributed by atoms with Gasteiger partial charge in [0.1, 0.15) is 0 Å². The molecule has 1 rings (SSSR count). The number of hydrogen-bond acceptors (Lipinski definition) is 4. The van der Waals surface area contributed by atoms with Crippen LogP contribution in [0, 0.1) is 17.0 Å². The number of methoxy groups -OCH3 is 1. The first-order valence-electron chi connectivity index (χ1n) is 6.99. The maximum atomic E-state index is 11.0. The lowest BCUT2D eigenvalue weighted by Crippen LogP contribution is -2.35. The molecule has 0 fully saturated rings. The van der Waals surface area contributed by atoms with E-state index < -0.39 is 0 Å². The molecule has 0 heterocycles. The van der Waals surface area contributed by atoms with E-state index in [0.717, 1.165) is 18.4 Å². The van der Waals surface area contributed by atoms with Crippen LogP contribution in [0.4, 0.5) is 5.69 Å². The van der Waals surface area contributed by atoms with Crippen molar-refractivity contribution in [3.8, 4) is 0 Å². The smallest absolute Gasteiger partial charge is 0.272 e. The van der Waals surface area contributed by atoms with Gasteiger partial charge in [0.05, 0.1) is 11.5 Å². The van der Waals surface area contributed by atoms with Crippen LogP contribution in [-0.2, 0) is 4.74 Å². The Bertz CT molecular complexity index is 443. The zero-order valence-corrected chi connectivity index (χ0v) is 12.7. The quantitative estimate of drug-likeness (QED) is 0.585. The minimum absolute atomic E-state index is 0.0565. The summed E-state index contributed by atoms with van der Waals surface area (Å²) in [7, 11) is 1.69. The molecular formula is C15H24N2O3. The van der Waals surface area contributed by atoms with Gasteiger partial charge in [0.2, 0.25) is 0 Å². The molecule has 5 heteroatoms. The highest BCUT2D eigenvalue weighted by Crippen LogP contribution is 2.23. The predicted molar refractivity (Wildman–Crippen MR) is 80.0 cm³/mol. The molecule has 1 N–H and O–H groups in total. The zero-order chi connectivity index (χ0) is 15.1. The molecule has 0 aromatic heterocycles. The van der Waals surface area contributed by atoms with Gasteiger partial charge in [-0.2, -0.15) is 0 Å². The maximum Gasteiger partial charge on any atom is 0.272 e. The number of nitro groups is 1.